The van der Waals surface area contributed by atoms with Gasteiger partial charge in [0.2, 0.25) is 5.91 Å². The van der Waals surface area contributed by atoms with E-state index in [1.54, 1.807) is 38.9 Å². The summed E-state index contributed by atoms with van der Waals surface area (Å²) in [5.41, 5.74) is 1.72. The summed E-state index contributed by atoms with van der Waals surface area (Å²) in [4.78, 5) is 20.4. The van der Waals surface area contributed by atoms with E-state index in [2.05, 4.69) is 15.3 Å². The number of hydrogen-bond donors (Lipinski definition) is 1. The number of carbonyl (C=O) groups is 1. The molecule has 1 heterocycles. The Kier molecular flexibility index (Phi) is 5.91. The lowest BCUT2D eigenvalue weighted by atomic mass is 10.1. The molecule has 2 rings (SSSR count). The van der Waals surface area contributed by atoms with Crippen molar-refractivity contribution in [3.05, 3.63) is 48.0 Å². The monoisotopic (exact) mass is 315 g/mol. The first-order valence-electron chi connectivity index (χ1n) is 7.37. The summed E-state index contributed by atoms with van der Waals surface area (Å²) in [6.45, 7) is 1.95. The largest absolute Gasteiger partial charge is 0.493 e. The maximum atomic E-state index is 12.1. The summed E-state index contributed by atoms with van der Waals surface area (Å²) in [5.74, 6) is 1.21. The van der Waals surface area contributed by atoms with Crippen molar-refractivity contribution in [3.8, 4) is 11.5 Å². The third-order valence-electron chi connectivity index (χ3n) is 3.35. The third-order valence-corrected chi connectivity index (χ3v) is 3.35. The van der Waals surface area contributed by atoms with Crippen LogP contribution in [0.5, 0.6) is 11.5 Å². The van der Waals surface area contributed by atoms with Crippen molar-refractivity contribution in [2.75, 3.05) is 14.2 Å². The van der Waals surface area contributed by atoms with Gasteiger partial charge in [0.1, 0.15) is 0 Å². The number of nitrogens with one attached hydrogen (secondary N) is 1. The molecule has 2 aromatic rings. The molecular formula is C17H21N3O3. The summed E-state index contributed by atoms with van der Waals surface area (Å²) in [5, 5.41) is 2.96. The average molecular weight is 315 g/mol. The minimum Gasteiger partial charge on any atom is -0.493 e. The molecule has 0 bridgehead atoms. The number of hydrogen-bond acceptors (Lipinski definition) is 5. The Morgan fingerprint density at radius 1 is 1.22 bits per heavy atom. The van der Waals surface area contributed by atoms with Gasteiger partial charge in [0.25, 0.3) is 0 Å². The van der Waals surface area contributed by atoms with Crippen molar-refractivity contribution in [2.45, 2.75) is 25.8 Å². The van der Waals surface area contributed by atoms with E-state index < -0.39 is 0 Å². The lowest BCUT2D eigenvalue weighted by Gasteiger charge is -2.14. The van der Waals surface area contributed by atoms with Crippen LogP contribution in [0.15, 0.2) is 36.8 Å². The van der Waals surface area contributed by atoms with E-state index in [0.717, 1.165) is 11.3 Å². The fourth-order valence-electron chi connectivity index (χ4n) is 2.30. The van der Waals surface area contributed by atoms with Crippen LogP contribution in [-0.4, -0.2) is 36.1 Å². The van der Waals surface area contributed by atoms with Crippen LogP contribution in [0.4, 0.5) is 0 Å². The van der Waals surface area contributed by atoms with Gasteiger partial charge in [-0.15, -0.1) is 0 Å². The fourth-order valence-corrected chi connectivity index (χ4v) is 2.30. The third kappa shape index (κ3) is 4.95. The van der Waals surface area contributed by atoms with Gasteiger partial charge in [-0.1, -0.05) is 6.07 Å². The molecule has 1 amide bonds. The lowest BCUT2D eigenvalue weighted by Crippen LogP contribution is -2.35. The maximum Gasteiger partial charge on any atom is 0.224 e. The minimum absolute atomic E-state index is 0.0145. The predicted molar refractivity (Wildman–Crippen MR) is 86.6 cm³/mol. The summed E-state index contributed by atoms with van der Waals surface area (Å²) >= 11 is 0. The van der Waals surface area contributed by atoms with Crippen molar-refractivity contribution in [1.82, 2.24) is 15.3 Å². The maximum absolute atomic E-state index is 12.1. The van der Waals surface area contributed by atoms with Crippen LogP contribution in [0.1, 0.15) is 18.2 Å². The summed E-state index contributed by atoms with van der Waals surface area (Å²) in [6, 6.07) is 5.45. The molecular weight excluding hydrogens is 294 g/mol. The van der Waals surface area contributed by atoms with Crippen LogP contribution in [-0.2, 0) is 17.6 Å². The normalized spacial score (nSPS) is 11.6. The topological polar surface area (TPSA) is 73.3 Å². The molecule has 0 saturated carbocycles. The molecule has 0 aliphatic carbocycles. The van der Waals surface area contributed by atoms with Gasteiger partial charge in [-0.3, -0.25) is 14.8 Å². The highest BCUT2D eigenvalue weighted by molar-refractivity contribution is 5.79. The van der Waals surface area contributed by atoms with Crippen molar-refractivity contribution in [1.29, 1.82) is 0 Å². The Labute approximate surface area is 135 Å². The zero-order chi connectivity index (χ0) is 16.7. The lowest BCUT2D eigenvalue weighted by molar-refractivity contribution is -0.121. The van der Waals surface area contributed by atoms with Gasteiger partial charge < -0.3 is 14.8 Å². The number of ether oxygens (including phenoxy) is 2. The number of benzene rings is 1. The Morgan fingerprint density at radius 2 is 2.00 bits per heavy atom. The SMILES string of the molecule is COc1ccc(CC(=O)N[C@@H](C)Cc2cnccn2)cc1OC. The first kappa shape index (κ1) is 16.7. The Morgan fingerprint density at radius 3 is 2.65 bits per heavy atom. The molecule has 0 fully saturated rings. The smallest absolute Gasteiger partial charge is 0.224 e. The molecule has 6 heteroatoms. The molecule has 0 aliphatic rings. The molecule has 0 radical (unpaired) electrons. The summed E-state index contributed by atoms with van der Waals surface area (Å²) in [7, 11) is 3.16. The first-order chi connectivity index (χ1) is 11.1. The summed E-state index contributed by atoms with van der Waals surface area (Å²) in [6.07, 6.45) is 5.91. The first-order valence-corrected chi connectivity index (χ1v) is 7.37. The van der Waals surface area contributed by atoms with Gasteiger partial charge in [0.15, 0.2) is 11.5 Å². The Bertz CT molecular complexity index is 647. The second kappa shape index (κ2) is 8.12. The van der Waals surface area contributed by atoms with Crippen LogP contribution < -0.4 is 14.8 Å². The predicted octanol–water partition coefficient (Wildman–Crippen LogP) is 1.78. The minimum atomic E-state index is -0.0476. The number of carbonyl (C=O) groups excluding carboxylic acids is 1. The molecule has 1 atom stereocenters. The molecule has 122 valence electrons. The molecule has 6 nitrogen and oxygen atoms in total. The van der Waals surface area contributed by atoms with E-state index in [4.69, 9.17) is 9.47 Å². The molecule has 0 unspecified atom stereocenters. The zero-order valence-electron chi connectivity index (χ0n) is 13.6. The van der Waals surface area contributed by atoms with Gasteiger partial charge in [0, 0.05) is 31.1 Å². The van der Waals surface area contributed by atoms with Gasteiger partial charge in [-0.2, -0.15) is 0 Å². The second-order valence-corrected chi connectivity index (χ2v) is 5.24. The standard InChI is InChI=1S/C17H21N3O3/c1-12(8-14-11-18-6-7-19-14)20-17(21)10-13-4-5-15(22-2)16(9-13)23-3/h4-7,9,11-12H,8,10H2,1-3H3,(H,20,21)/t12-/m0/s1. The number of rotatable bonds is 7. The molecule has 0 spiro atoms. The van der Waals surface area contributed by atoms with Crippen LogP contribution >= 0.6 is 0 Å². The van der Waals surface area contributed by atoms with Crippen LogP contribution in [0, 0.1) is 0 Å². The van der Waals surface area contributed by atoms with Crippen LogP contribution in [0.3, 0.4) is 0 Å². The quantitative estimate of drug-likeness (QED) is 0.843. The number of aromatic nitrogens is 2. The van der Waals surface area contributed by atoms with Gasteiger partial charge >= 0.3 is 0 Å². The molecule has 23 heavy (non-hydrogen) atoms. The van der Waals surface area contributed by atoms with Crippen molar-refractivity contribution in [3.63, 3.8) is 0 Å². The number of nitrogens with zero attached hydrogens (tertiary/aromatic N) is 2. The van der Waals surface area contributed by atoms with Crippen molar-refractivity contribution < 1.29 is 14.3 Å². The van der Waals surface area contributed by atoms with Crippen LogP contribution in [0.2, 0.25) is 0 Å². The van der Waals surface area contributed by atoms with Crippen molar-refractivity contribution >= 4 is 5.91 Å². The highest BCUT2D eigenvalue weighted by Crippen LogP contribution is 2.27. The highest BCUT2D eigenvalue weighted by atomic mass is 16.5. The van der Waals surface area contributed by atoms with E-state index in [1.165, 1.54) is 0 Å². The average Bonchev–Trinajstić information content (AvgIpc) is 2.55. The van der Waals surface area contributed by atoms with Gasteiger partial charge in [-0.05, 0) is 24.6 Å². The Hall–Kier alpha value is -2.63. The second-order valence-electron chi connectivity index (χ2n) is 5.24. The molecule has 0 saturated heterocycles. The van der Waals surface area contributed by atoms with Crippen molar-refractivity contribution in [2.24, 2.45) is 0 Å². The van der Waals surface area contributed by atoms with Crippen LogP contribution in [0.25, 0.3) is 0 Å². The molecule has 0 aliphatic heterocycles. The van der Waals surface area contributed by atoms with E-state index in [1.807, 2.05) is 19.1 Å². The van der Waals surface area contributed by atoms with E-state index in [0.29, 0.717) is 17.9 Å². The molecule has 1 N–H and O–H groups in total. The summed E-state index contributed by atoms with van der Waals surface area (Å²) < 4.78 is 10.4. The van der Waals surface area contributed by atoms with E-state index in [9.17, 15) is 4.79 Å². The number of methoxy groups -OCH3 is 2. The van der Waals surface area contributed by atoms with E-state index >= 15 is 0 Å². The number of amides is 1. The van der Waals surface area contributed by atoms with E-state index in [-0.39, 0.29) is 18.4 Å². The molecule has 1 aromatic heterocycles. The zero-order valence-corrected chi connectivity index (χ0v) is 13.6. The van der Waals surface area contributed by atoms with Gasteiger partial charge in [-0.25, -0.2) is 0 Å². The fraction of sp³-hybridized carbons (Fsp3) is 0.353. The van der Waals surface area contributed by atoms with Gasteiger partial charge in [0.05, 0.1) is 26.3 Å². The molecule has 1 aromatic carbocycles. The Balaban J connectivity index is 1.91. The highest BCUT2D eigenvalue weighted by Gasteiger charge is 2.11.